The molecule has 0 aliphatic carbocycles. The molecule has 0 aromatic heterocycles. The average Bonchev–Trinajstić information content (AvgIpc) is 2.77. The van der Waals surface area contributed by atoms with Gasteiger partial charge >= 0.3 is 0 Å². The van der Waals surface area contributed by atoms with Gasteiger partial charge in [0.05, 0.1) is 5.25 Å². The molecular weight excluding hydrogens is 296 g/mol. The number of hydrogen-bond acceptors (Lipinski definition) is 4. The second kappa shape index (κ2) is 11.9. The van der Waals surface area contributed by atoms with Gasteiger partial charge < -0.3 is 5.32 Å². The third kappa shape index (κ3) is 7.14. The maximum atomic E-state index is 12.3. The molecule has 1 fully saturated rings. The molecule has 1 saturated heterocycles. The number of carbonyl (C=O) groups is 2. The van der Waals surface area contributed by atoms with Gasteiger partial charge in [-0.1, -0.05) is 39.0 Å². The summed E-state index contributed by atoms with van der Waals surface area (Å²) in [6, 6.07) is 0. The van der Waals surface area contributed by atoms with Crippen molar-refractivity contribution in [1.82, 2.24) is 10.2 Å². The van der Waals surface area contributed by atoms with Gasteiger partial charge in [0.15, 0.2) is 0 Å². The first-order valence-corrected chi connectivity index (χ1v) is 9.86. The minimum Gasteiger partial charge on any atom is -0.320 e. The molecule has 0 aromatic rings. The molecule has 0 radical (unpaired) electrons. The largest absolute Gasteiger partial charge is 0.320 e. The highest BCUT2D eigenvalue weighted by molar-refractivity contribution is 8.00. The van der Waals surface area contributed by atoms with Crippen LogP contribution in [0.25, 0.3) is 0 Å². The summed E-state index contributed by atoms with van der Waals surface area (Å²) in [5, 5.41) is 3.02. The first kappa shape index (κ1) is 19.5. The SMILES string of the molecule is CCCCCCSC1CC(=O)N(CCCCCCNC)C1=O. The third-order valence-corrected chi connectivity index (χ3v) is 5.37. The Labute approximate surface area is 139 Å². The summed E-state index contributed by atoms with van der Waals surface area (Å²) in [5.41, 5.74) is 0. The molecule has 1 heterocycles. The molecule has 1 unspecified atom stereocenters. The van der Waals surface area contributed by atoms with E-state index in [2.05, 4.69) is 12.2 Å². The summed E-state index contributed by atoms with van der Waals surface area (Å²) < 4.78 is 0. The number of carbonyl (C=O) groups excluding carboxylic acids is 2. The first-order valence-electron chi connectivity index (χ1n) is 8.81. The van der Waals surface area contributed by atoms with E-state index in [1.54, 1.807) is 11.8 Å². The molecule has 1 aliphatic rings. The molecule has 1 N–H and O–H groups in total. The lowest BCUT2D eigenvalue weighted by Crippen LogP contribution is -2.32. The van der Waals surface area contributed by atoms with Crippen molar-refractivity contribution in [3.63, 3.8) is 0 Å². The Morgan fingerprint density at radius 2 is 1.82 bits per heavy atom. The average molecular weight is 329 g/mol. The van der Waals surface area contributed by atoms with Crippen molar-refractivity contribution in [1.29, 1.82) is 0 Å². The van der Waals surface area contributed by atoms with Crippen molar-refractivity contribution in [2.24, 2.45) is 0 Å². The molecule has 5 heteroatoms. The minimum atomic E-state index is -0.113. The van der Waals surface area contributed by atoms with Crippen LogP contribution >= 0.6 is 11.8 Å². The van der Waals surface area contributed by atoms with E-state index in [-0.39, 0.29) is 17.1 Å². The number of hydrogen-bond donors (Lipinski definition) is 1. The number of rotatable bonds is 13. The summed E-state index contributed by atoms with van der Waals surface area (Å²) in [6.45, 7) is 3.85. The van der Waals surface area contributed by atoms with Crippen molar-refractivity contribution < 1.29 is 9.59 Å². The van der Waals surface area contributed by atoms with E-state index in [1.165, 1.54) is 24.2 Å². The van der Waals surface area contributed by atoms with Crippen LogP contribution in [0.15, 0.2) is 0 Å². The van der Waals surface area contributed by atoms with Crippen molar-refractivity contribution in [2.45, 2.75) is 70.0 Å². The summed E-state index contributed by atoms with van der Waals surface area (Å²) in [5.74, 6) is 1.09. The number of thioether (sulfide) groups is 1. The van der Waals surface area contributed by atoms with Gasteiger partial charge in [0.2, 0.25) is 11.8 Å². The minimum absolute atomic E-state index is 0.0336. The van der Waals surface area contributed by atoms with E-state index in [9.17, 15) is 9.59 Å². The van der Waals surface area contributed by atoms with E-state index >= 15 is 0 Å². The van der Waals surface area contributed by atoms with Crippen LogP contribution < -0.4 is 5.32 Å². The van der Waals surface area contributed by atoms with Crippen LogP contribution in [0.4, 0.5) is 0 Å². The summed E-state index contributed by atoms with van der Waals surface area (Å²) in [6.07, 6.45) is 9.64. The quantitative estimate of drug-likeness (QED) is 0.417. The molecule has 128 valence electrons. The van der Waals surface area contributed by atoms with Crippen LogP contribution in [0, 0.1) is 0 Å². The van der Waals surface area contributed by atoms with Crippen molar-refractivity contribution in [3.05, 3.63) is 0 Å². The van der Waals surface area contributed by atoms with Crippen LogP contribution in [0.1, 0.15) is 64.7 Å². The number of unbranched alkanes of at least 4 members (excludes halogenated alkanes) is 6. The second-order valence-corrected chi connectivity index (χ2v) is 7.34. The summed E-state index contributed by atoms with van der Waals surface area (Å²) in [4.78, 5) is 25.8. The van der Waals surface area contributed by atoms with Crippen molar-refractivity contribution in [2.75, 3.05) is 25.9 Å². The Hall–Kier alpha value is -0.550. The monoisotopic (exact) mass is 328 g/mol. The zero-order valence-corrected chi connectivity index (χ0v) is 15.1. The highest BCUT2D eigenvalue weighted by Crippen LogP contribution is 2.26. The first-order chi connectivity index (χ1) is 10.7. The standard InChI is InChI=1S/C17H32N2O2S/c1-3-4-5-10-13-22-15-14-16(20)19(17(15)21)12-9-7-6-8-11-18-2/h15,18H,3-14H2,1-2H3. The predicted octanol–water partition coefficient (Wildman–Crippen LogP) is 3.21. The van der Waals surface area contributed by atoms with Gasteiger partial charge in [-0.25, -0.2) is 0 Å². The van der Waals surface area contributed by atoms with Crippen molar-refractivity contribution in [3.8, 4) is 0 Å². The molecule has 2 amide bonds. The highest BCUT2D eigenvalue weighted by Gasteiger charge is 2.37. The van der Waals surface area contributed by atoms with E-state index in [0.717, 1.165) is 44.4 Å². The number of nitrogens with zero attached hydrogens (tertiary/aromatic N) is 1. The molecule has 1 rings (SSSR count). The Bertz CT molecular complexity index is 337. The van der Waals surface area contributed by atoms with Gasteiger partial charge in [0.25, 0.3) is 0 Å². The van der Waals surface area contributed by atoms with Gasteiger partial charge in [-0.2, -0.15) is 0 Å². The maximum absolute atomic E-state index is 12.3. The zero-order valence-electron chi connectivity index (χ0n) is 14.2. The van der Waals surface area contributed by atoms with E-state index in [1.807, 2.05) is 7.05 Å². The van der Waals surface area contributed by atoms with Gasteiger partial charge in [-0.15, -0.1) is 11.8 Å². The van der Waals surface area contributed by atoms with Gasteiger partial charge in [0.1, 0.15) is 0 Å². The molecule has 0 saturated carbocycles. The topological polar surface area (TPSA) is 49.4 Å². The molecule has 0 bridgehead atoms. The molecule has 1 atom stereocenters. The van der Waals surface area contributed by atoms with Gasteiger partial charge in [-0.3, -0.25) is 14.5 Å². The summed E-state index contributed by atoms with van der Waals surface area (Å²) in [7, 11) is 1.96. The van der Waals surface area contributed by atoms with Crippen LogP contribution in [0.5, 0.6) is 0 Å². The van der Waals surface area contributed by atoms with E-state index in [4.69, 9.17) is 0 Å². The molecule has 0 aromatic carbocycles. The molecule has 4 nitrogen and oxygen atoms in total. The number of likely N-dealkylation sites (tertiary alicyclic amines) is 1. The van der Waals surface area contributed by atoms with E-state index < -0.39 is 0 Å². The fourth-order valence-corrected chi connectivity index (χ4v) is 3.88. The third-order valence-electron chi connectivity index (χ3n) is 4.08. The number of amides is 2. The fraction of sp³-hybridized carbons (Fsp3) is 0.882. The second-order valence-electron chi connectivity index (χ2n) is 6.03. The van der Waals surface area contributed by atoms with Crippen LogP contribution in [0.3, 0.4) is 0 Å². The normalized spacial score (nSPS) is 18.5. The number of imide groups is 1. The Kier molecular flexibility index (Phi) is 10.6. The Morgan fingerprint density at radius 3 is 2.55 bits per heavy atom. The zero-order chi connectivity index (χ0) is 16.2. The smallest absolute Gasteiger partial charge is 0.242 e. The lowest BCUT2D eigenvalue weighted by atomic mass is 10.2. The Balaban J connectivity index is 2.17. The van der Waals surface area contributed by atoms with Crippen LogP contribution in [0.2, 0.25) is 0 Å². The molecule has 1 aliphatic heterocycles. The lowest BCUT2D eigenvalue weighted by Gasteiger charge is -2.14. The molecular formula is C17H32N2O2S. The number of nitrogens with one attached hydrogen (secondary N) is 1. The van der Waals surface area contributed by atoms with Gasteiger partial charge in [-0.05, 0) is 38.6 Å². The van der Waals surface area contributed by atoms with E-state index in [0.29, 0.717) is 13.0 Å². The fourth-order valence-electron chi connectivity index (χ4n) is 2.70. The molecule has 22 heavy (non-hydrogen) atoms. The van der Waals surface area contributed by atoms with Crippen molar-refractivity contribution >= 4 is 23.6 Å². The van der Waals surface area contributed by atoms with Gasteiger partial charge in [0, 0.05) is 13.0 Å². The highest BCUT2D eigenvalue weighted by atomic mass is 32.2. The molecule has 0 spiro atoms. The predicted molar refractivity (Wildman–Crippen MR) is 94.1 cm³/mol. The van der Waals surface area contributed by atoms with Crippen LogP contribution in [-0.4, -0.2) is 47.9 Å². The maximum Gasteiger partial charge on any atom is 0.242 e. The lowest BCUT2D eigenvalue weighted by molar-refractivity contribution is -0.138. The Morgan fingerprint density at radius 1 is 1.09 bits per heavy atom. The summed E-state index contributed by atoms with van der Waals surface area (Å²) >= 11 is 1.68. The van der Waals surface area contributed by atoms with Crippen LogP contribution in [-0.2, 0) is 9.59 Å².